The molecule has 0 N–H and O–H groups in total. The SMILES string of the molecule is COCOc1c(-c2ccc(C)cc2)oc2cc(C)c(C)cc2c1=O. The number of fused-ring (bicyclic) bond motifs is 1. The summed E-state index contributed by atoms with van der Waals surface area (Å²) in [6.45, 7) is 5.96. The summed E-state index contributed by atoms with van der Waals surface area (Å²) >= 11 is 0. The summed E-state index contributed by atoms with van der Waals surface area (Å²) in [6, 6.07) is 11.5. The second-order valence-corrected chi connectivity index (χ2v) is 5.94. The van der Waals surface area contributed by atoms with Crippen molar-refractivity contribution in [1.29, 1.82) is 0 Å². The smallest absolute Gasteiger partial charge is 0.235 e. The number of hydrogen-bond acceptors (Lipinski definition) is 4. The van der Waals surface area contributed by atoms with E-state index in [0.29, 0.717) is 16.7 Å². The number of aryl methyl sites for hydroxylation is 3. The van der Waals surface area contributed by atoms with E-state index in [9.17, 15) is 4.79 Å². The largest absolute Gasteiger partial charge is 0.459 e. The normalized spacial score (nSPS) is 11.0. The Hall–Kier alpha value is -2.59. The van der Waals surface area contributed by atoms with Crippen LogP contribution < -0.4 is 10.2 Å². The Morgan fingerprint density at radius 1 is 1.00 bits per heavy atom. The zero-order chi connectivity index (χ0) is 17.3. The summed E-state index contributed by atoms with van der Waals surface area (Å²) in [4.78, 5) is 12.9. The van der Waals surface area contributed by atoms with Gasteiger partial charge < -0.3 is 13.9 Å². The maximum absolute atomic E-state index is 12.9. The summed E-state index contributed by atoms with van der Waals surface area (Å²) in [7, 11) is 1.52. The van der Waals surface area contributed by atoms with Gasteiger partial charge in [-0.3, -0.25) is 4.79 Å². The molecule has 0 unspecified atom stereocenters. The van der Waals surface area contributed by atoms with Crippen molar-refractivity contribution in [2.45, 2.75) is 20.8 Å². The molecule has 124 valence electrons. The molecule has 0 radical (unpaired) electrons. The van der Waals surface area contributed by atoms with Crippen molar-refractivity contribution in [2.75, 3.05) is 13.9 Å². The molecule has 0 amide bonds. The second-order valence-electron chi connectivity index (χ2n) is 5.94. The molecule has 0 bridgehead atoms. The molecule has 0 spiro atoms. The third kappa shape index (κ3) is 2.93. The van der Waals surface area contributed by atoms with Crippen LogP contribution >= 0.6 is 0 Å². The lowest BCUT2D eigenvalue weighted by atomic mass is 10.0. The maximum Gasteiger partial charge on any atom is 0.235 e. The molecule has 0 saturated heterocycles. The fourth-order valence-electron chi connectivity index (χ4n) is 2.58. The topological polar surface area (TPSA) is 48.7 Å². The van der Waals surface area contributed by atoms with Gasteiger partial charge in [-0.1, -0.05) is 29.8 Å². The van der Waals surface area contributed by atoms with Crippen LogP contribution in [0.4, 0.5) is 0 Å². The predicted octanol–water partition coefficient (Wildman–Crippen LogP) is 4.37. The zero-order valence-electron chi connectivity index (χ0n) is 14.3. The van der Waals surface area contributed by atoms with Crippen molar-refractivity contribution >= 4 is 11.0 Å². The van der Waals surface area contributed by atoms with Crippen molar-refractivity contribution in [3.05, 3.63) is 63.3 Å². The molecule has 0 saturated carbocycles. The summed E-state index contributed by atoms with van der Waals surface area (Å²) in [6.07, 6.45) is 0. The highest BCUT2D eigenvalue weighted by Gasteiger charge is 2.18. The molecule has 2 aromatic carbocycles. The molecule has 0 aliphatic rings. The van der Waals surface area contributed by atoms with Gasteiger partial charge in [0.05, 0.1) is 5.39 Å². The van der Waals surface area contributed by atoms with Crippen LogP contribution in [0.1, 0.15) is 16.7 Å². The number of benzene rings is 2. The van der Waals surface area contributed by atoms with Crippen LogP contribution in [0.3, 0.4) is 0 Å². The monoisotopic (exact) mass is 324 g/mol. The molecular weight excluding hydrogens is 304 g/mol. The molecule has 0 aliphatic heterocycles. The summed E-state index contributed by atoms with van der Waals surface area (Å²) in [5.41, 5.74) is 4.41. The van der Waals surface area contributed by atoms with E-state index >= 15 is 0 Å². The van der Waals surface area contributed by atoms with E-state index < -0.39 is 0 Å². The van der Waals surface area contributed by atoms with Crippen LogP contribution in [0.5, 0.6) is 5.75 Å². The van der Waals surface area contributed by atoms with E-state index in [1.807, 2.05) is 57.2 Å². The molecule has 4 nitrogen and oxygen atoms in total. The molecule has 1 aromatic heterocycles. The van der Waals surface area contributed by atoms with Crippen LogP contribution in [-0.2, 0) is 4.74 Å². The third-order valence-electron chi connectivity index (χ3n) is 4.10. The molecule has 3 rings (SSSR count). The average molecular weight is 324 g/mol. The fourth-order valence-corrected chi connectivity index (χ4v) is 2.58. The molecule has 0 fully saturated rings. The van der Waals surface area contributed by atoms with E-state index in [0.717, 1.165) is 22.3 Å². The fraction of sp³-hybridized carbons (Fsp3) is 0.250. The number of ether oxygens (including phenoxy) is 2. The lowest BCUT2D eigenvalue weighted by Crippen LogP contribution is -2.12. The highest BCUT2D eigenvalue weighted by molar-refractivity contribution is 5.83. The first-order chi connectivity index (χ1) is 11.5. The van der Waals surface area contributed by atoms with Gasteiger partial charge in [-0.15, -0.1) is 0 Å². The quantitative estimate of drug-likeness (QED) is 0.669. The van der Waals surface area contributed by atoms with Crippen molar-refractivity contribution in [3.63, 3.8) is 0 Å². The molecule has 3 aromatic rings. The average Bonchev–Trinajstić information content (AvgIpc) is 2.56. The van der Waals surface area contributed by atoms with Crippen LogP contribution in [0.25, 0.3) is 22.3 Å². The Kier molecular flexibility index (Phi) is 4.40. The minimum Gasteiger partial charge on any atom is -0.459 e. The number of methoxy groups -OCH3 is 1. The highest BCUT2D eigenvalue weighted by Crippen LogP contribution is 2.32. The molecule has 24 heavy (non-hydrogen) atoms. The first kappa shape index (κ1) is 16.3. The molecule has 0 aliphatic carbocycles. The van der Waals surface area contributed by atoms with Crippen molar-refractivity contribution in [1.82, 2.24) is 0 Å². The molecule has 0 atom stereocenters. The van der Waals surface area contributed by atoms with Gasteiger partial charge in [0.2, 0.25) is 11.2 Å². The lowest BCUT2D eigenvalue weighted by Gasteiger charge is -2.12. The van der Waals surface area contributed by atoms with Gasteiger partial charge in [-0.2, -0.15) is 0 Å². The Bertz CT molecular complexity index is 936. The Morgan fingerprint density at radius 2 is 1.67 bits per heavy atom. The molecule has 4 heteroatoms. The number of hydrogen-bond donors (Lipinski definition) is 0. The van der Waals surface area contributed by atoms with Gasteiger partial charge in [-0.05, 0) is 44.0 Å². The van der Waals surface area contributed by atoms with Crippen LogP contribution in [0.2, 0.25) is 0 Å². The van der Waals surface area contributed by atoms with Crippen molar-refractivity contribution in [3.8, 4) is 17.1 Å². The maximum atomic E-state index is 12.9. The zero-order valence-corrected chi connectivity index (χ0v) is 14.3. The first-order valence-corrected chi connectivity index (χ1v) is 7.78. The van der Waals surface area contributed by atoms with Gasteiger partial charge >= 0.3 is 0 Å². The second kappa shape index (κ2) is 6.49. The van der Waals surface area contributed by atoms with E-state index in [1.54, 1.807) is 0 Å². The summed E-state index contributed by atoms with van der Waals surface area (Å²) < 4.78 is 16.6. The molecular formula is C20H20O4. The van der Waals surface area contributed by atoms with Crippen molar-refractivity contribution < 1.29 is 13.9 Å². The van der Waals surface area contributed by atoms with Gasteiger partial charge in [0.25, 0.3) is 0 Å². The highest BCUT2D eigenvalue weighted by atomic mass is 16.7. The minimum absolute atomic E-state index is 0.0139. The Labute approximate surface area is 140 Å². The number of rotatable bonds is 4. The van der Waals surface area contributed by atoms with E-state index in [2.05, 4.69) is 0 Å². The summed E-state index contributed by atoms with van der Waals surface area (Å²) in [5, 5.41) is 0.514. The van der Waals surface area contributed by atoms with Gasteiger partial charge in [-0.25, -0.2) is 0 Å². The Morgan fingerprint density at radius 3 is 2.33 bits per heavy atom. The van der Waals surface area contributed by atoms with Crippen molar-refractivity contribution in [2.24, 2.45) is 0 Å². The minimum atomic E-state index is -0.188. The first-order valence-electron chi connectivity index (χ1n) is 7.78. The van der Waals surface area contributed by atoms with Crippen LogP contribution in [-0.4, -0.2) is 13.9 Å². The standard InChI is InChI=1S/C20H20O4/c1-12-5-7-15(8-6-12)19-20(23-11-22-4)18(21)16-9-13(2)14(3)10-17(16)24-19/h5-10H,11H2,1-4H3. The predicted molar refractivity (Wildman–Crippen MR) is 94.6 cm³/mol. The van der Waals surface area contributed by atoms with Crippen LogP contribution in [0.15, 0.2) is 45.6 Å². The molecule has 1 heterocycles. The van der Waals surface area contributed by atoms with Gasteiger partial charge in [0.15, 0.2) is 12.6 Å². The lowest BCUT2D eigenvalue weighted by molar-refractivity contribution is 0.0498. The summed E-state index contributed by atoms with van der Waals surface area (Å²) in [5.74, 6) is 0.601. The Balaban J connectivity index is 2.30. The van der Waals surface area contributed by atoms with E-state index in [-0.39, 0.29) is 18.0 Å². The van der Waals surface area contributed by atoms with E-state index in [4.69, 9.17) is 13.9 Å². The van der Waals surface area contributed by atoms with Crippen LogP contribution in [0, 0.1) is 20.8 Å². The van der Waals surface area contributed by atoms with Gasteiger partial charge in [0, 0.05) is 12.7 Å². The third-order valence-corrected chi connectivity index (χ3v) is 4.10. The van der Waals surface area contributed by atoms with E-state index in [1.165, 1.54) is 7.11 Å². The van der Waals surface area contributed by atoms with Gasteiger partial charge in [0.1, 0.15) is 5.58 Å².